The van der Waals surface area contributed by atoms with Gasteiger partial charge in [0.15, 0.2) is 0 Å². The van der Waals surface area contributed by atoms with Crippen LogP contribution in [0, 0.1) is 0 Å². The lowest BCUT2D eigenvalue weighted by molar-refractivity contribution is -0.132. The first-order valence-corrected chi connectivity index (χ1v) is 10.8. The van der Waals surface area contributed by atoms with Gasteiger partial charge in [-0.25, -0.2) is 0 Å². The van der Waals surface area contributed by atoms with Gasteiger partial charge < -0.3 is 14.6 Å². The highest BCUT2D eigenvalue weighted by Crippen LogP contribution is 2.44. The predicted molar refractivity (Wildman–Crippen MR) is 127 cm³/mol. The Balaban J connectivity index is 1.96. The number of hydrogen-bond donors (Lipinski definition) is 1. The van der Waals surface area contributed by atoms with Gasteiger partial charge >= 0.3 is 0 Å². The SMILES string of the molecule is CCOc1cccc(C2/C(=C(/O)c3ccccc3OC)C(=O)C(=O)N2c2ccc(Cl)cc2)c1. The van der Waals surface area contributed by atoms with E-state index in [9.17, 15) is 14.7 Å². The summed E-state index contributed by atoms with van der Waals surface area (Å²) in [6.07, 6.45) is 0. The number of methoxy groups -OCH3 is 1. The van der Waals surface area contributed by atoms with Crippen molar-refractivity contribution >= 4 is 34.7 Å². The van der Waals surface area contributed by atoms with E-state index in [0.29, 0.717) is 39.9 Å². The molecule has 0 aliphatic carbocycles. The summed E-state index contributed by atoms with van der Waals surface area (Å²) in [5, 5.41) is 11.8. The summed E-state index contributed by atoms with van der Waals surface area (Å²) in [4.78, 5) is 27.8. The molecule has 1 fully saturated rings. The Morgan fingerprint density at radius 2 is 1.76 bits per heavy atom. The standard InChI is InChI=1S/C26H22ClNO5/c1-3-33-19-8-6-7-16(15-19)23-22(24(29)20-9-4-5-10-21(20)32-2)25(30)26(31)28(23)18-13-11-17(27)12-14-18/h4-15,23,29H,3H2,1-2H3/b24-22-. The van der Waals surface area contributed by atoms with Crippen LogP contribution in [0.5, 0.6) is 11.5 Å². The van der Waals surface area contributed by atoms with E-state index in [2.05, 4.69) is 0 Å². The van der Waals surface area contributed by atoms with Crippen LogP contribution in [0.3, 0.4) is 0 Å². The number of nitrogens with zero attached hydrogens (tertiary/aromatic N) is 1. The Hall–Kier alpha value is -3.77. The number of benzene rings is 3. The van der Waals surface area contributed by atoms with E-state index in [-0.39, 0.29) is 11.3 Å². The Morgan fingerprint density at radius 1 is 1.03 bits per heavy atom. The average molecular weight is 464 g/mol. The summed E-state index contributed by atoms with van der Waals surface area (Å²) >= 11 is 6.03. The van der Waals surface area contributed by atoms with Gasteiger partial charge in [0.1, 0.15) is 17.3 Å². The number of hydrogen-bond acceptors (Lipinski definition) is 5. The average Bonchev–Trinajstić information content (AvgIpc) is 3.10. The summed E-state index contributed by atoms with van der Waals surface area (Å²) in [6.45, 7) is 2.33. The number of para-hydroxylation sites is 1. The fourth-order valence-electron chi connectivity index (χ4n) is 3.94. The van der Waals surface area contributed by atoms with Crippen molar-refractivity contribution in [2.75, 3.05) is 18.6 Å². The van der Waals surface area contributed by atoms with Crippen molar-refractivity contribution in [3.8, 4) is 11.5 Å². The molecular formula is C26H22ClNO5. The van der Waals surface area contributed by atoms with E-state index >= 15 is 0 Å². The molecular weight excluding hydrogens is 442 g/mol. The first-order valence-electron chi connectivity index (χ1n) is 10.4. The number of carbonyl (C=O) groups excluding carboxylic acids is 2. The largest absolute Gasteiger partial charge is 0.507 e. The number of amides is 1. The minimum Gasteiger partial charge on any atom is -0.507 e. The lowest BCUT2D eigenvalue weighted by Gasteiger charge is -2.26. The van der Waals surface area contributed by atoms with Gasteiger partial charge in [0.25, 0.3) is 11.7 Å². The Kier molecular flexibility index (Phi) is 6.38. The Morgan fingerprint density at radius 3 is 2.45 bits per heavy atom. The smallest absolute Gasteiger partial charge is 0.300 e. The van der Waals surface area contributed by atoms with E-state index < -0.39 is 17.7 Å². The topological polar surface area (TPSA) is 76.1 Å². The van der Waals surface area contributed by atoms with Gasteiger partial charge in [-0.15, -0.1) is 0 Å². The molecule has 3 aromatic carbocycles. The molecule has 1 N–H and O–H groups in total. The summed E-state index contributed by atoms with van der Waals surface area (Å²) in [5.41, 5.74) is 1.38. The molecule has 1 unspecified atom stereocenters. The number of rotatable bonds is 6. The normalized spacial score (nSPS) is 17.3. The molecule has 0 saturated carbocycles. The van der Waals surface area contributed by atoms with Crippen molar-refractivity contribution in [3.05, 3.63) is 94.5 Å². The molecule has 0 bridgehead atoms. The maximum atomic E-state index is 13.3. The van der Waals surface area contributed by atoms with Crippen molar-refractivity contribution < 1.29 is 24.2 Å². The van der Waals surface area contributed by atoms with E-state index in [0.717, 1.165) is 0 Å². The summed E-state index contributed by atoms with van der Waals surface area (Å²) < 4.78 is 11.0. The van der Waals surface area contributed by atoms with Crippen LogP contribution in [0.4, 0.5) is 5.69 Å². The molecule has 4 rings (SSSR count). The first-order chi connectivity index (χ1) is 16.0. The van der Waals surface area contributed by atoms with Gasteiger partial charge in [0.05, 0.1) is 30.9 Å². The zero-order valence-corrected chi connectivity index (χ0v) is 18.9. The van der Waals surface area contributed by atoms with Crippen LogP contribution in [-0.2, 0) is 9.59 Å². The second-order valence-corrected chi connectivity index (χ2v) is 7.79. The third-order valence-electron chi connectivity index (χ3n) is 5.40. The summed E-state index contributed by atoms with van der Waals surface area (Å²) in [5.74, 6) is -0.877. The molecule has 7 heteroatoms. The van der Waals surface area contributed by atoms with E-state index in [4.69, 9.17) is 21.1 Å². The second-order valence-electron chi connectivity index (χ2n) is 7.35. The molecule has 1 atom stereocenters. The minimum absolute atomic E-state index is 0.0342. The third kappa shape index (κ3) is 4.17. The van der Waals surface area contributed by atoms with Crippen LogP contribution in [0.15, 0.2) is 78.4 Å². The fraction of sp³-hybridized carbons (Fsp3) is 0.154. The summed E-state index contributed by atoms with van der Waals surface area (Å²) in [7, 11) is 1.47. The van der Waals surface area contributed by atoms with Gasteiger partial charge in [-0.05, 0) is 61.0 Å². The van der Waals surface area contributed by atoms with Crippen molar-refractivity contribution in [2.24, 2.45) is 0 Å². The molecule has 1 saturated heterocycles. The van der Waals surface area contributed by atoms with Crippen molar-refractivity contribution in [1.82, 2.24) is 0 Å². The van der Waals surface area contributed by atoms with Gasteiger partial charge in [-0.2, -0.15) is 0 Å². The Labute approximate surface area is 196 Å². The van der Waals surface area contributed by atoms with Crippen molar-refractivity contribution in [1.29, 1.82) is 0 Å². The number of Topliss-reactive ketones (excluding diaryl/α,β-unsaturated/α-hetero) is 1. The summed E-state index contributed by atoms with van der Waals surface area (Å²) in [6, 6.07) is 19.6. The fourth-order valence-corrected chi connectivity index (χ4v) is 4.07. The first kappa shape index (κ1) is 22.4. The molecule has 0 spiro atoms. The van der Waals surface area contributed by atoms with E-state index in [1.54, 1.807) is 72.8 Å². The number of ether oxygens (including phenoxy) is 2. The third-order valence-corrected chi connectivity index (χ3v) is 5.65. The van der Waals surface area contributed by atoms with Crippen LogP contribution in [0.2, 0.25) is 5.02 Å². The van der Waals surface area contributed by atoms with Gasteiger partial charge in [-0.3, -0.25) is 14.5 Å². The van der Waals surface area contributed by atoms with Crippen LogP contribution in [0.25, 0.3) is 5.76 Å². The lowest BCUT2D eigenvalue weighted by atomic mass is 9.94. The van der Waals surface area contributed by atoms with Gasteiger partial charge in [0, 0.05) is 10.7 Å². The number of halogens is 1. The number of ketones is 1. The highest BCUT2D eigenvalue weighted by Gasteiger charge is 2.47. The number of carbonyl (C=O) groups is 2. The molecule has 1 aliphatic rings. The minimum atomic E-state index is -0.878. The van der Waals surface area contributed by atoms with Gasteiger partial charge in [-0.1, -0.05) is 35.9 Å². The van der Waals surface area contributed by atoms with E-state index in [1.807, 2.05) is 6.92 Å². The van der Waals surface area contributed by atoms with Crippen LogP contribution in [0.1, 0.15) is 24.1 Å². The highest BCUT2D eigenvalue weighted by molar-refractivity contribution is 6.51. The zero-order chi connectivity index (χ0) is 23.5. The number of aliphatic hydroxyl groups excluding tert-OH is 1. The van der Waals surface area contributed by atoms with E-state index in [1.165, 1.54) is 12.0 Å². The molecule has 168 valence electrons. The molecule has 0 aromatic heterocycles. The van der Waals surface area contributed by atoms with Crippen molar-refractivity contribution in [2.45, 2.75) is 13.0 Å². The lowest BCUT2D eigenvalue weighted by Crippen LogP contribution is -2.29. The molecule has 6 nitrogen and oxygen atoms in total. The van der Waals surface area contributed by atoms with Gasteiger partial charge in [0.2, 0.25) is 0 Å². The second kappa shape index (κ2) is 9.38. The predicted octanol–water partition coefficient (Wildman–Crippen LogP) is 5.37. The quantitative estimate of drug-likeness (QED) is 0.302. The Bertz CT molecular complexity index is 1240. The number of aliphatic hydroxyl groups is 1. The molecule has 1 aliphatic heterocycles. The van der Waals surface area contributed by atoms with Crippen molar-refractivity contribution in [3.63, 3.8) is 0 Å². The molecule has 0 radical (unpaired) electrons. The molecule has 33 heavy (non-hydrogen) atoms. The molecule has 3 aromatic rings. The van der Waals surface area contributed by atoms with Crippen LogP contribution >= 0.6 is 11.6 Å². The van der Waals surface area contributed by atoms with Crippen LogP contribution in [-0.4, -0.2) is 30.5 Å². The maximum absolute atomic E-state index is 13.3. The monoisotopic (exact) mass is 463 g/mol. The molecule has 1 heterocycles. The van der Waals surface area contributed by atoms with Crippen LogP contribution < -0.4 is 14.4 Å². The zero-order valence-electron chi connectivity index (χ0n) is 18.1. The number of anilines is 1. The maximum Gasteiger partial charge on any atom is 0.300 e. The highest BCUT2D eigenvalue weighted by atomic mass is 35.5. The molecule has 1 amide bonds.